The van der Waals surface area contributed by atoms with Gasteiger partial charge in [0.1, 0.15) is 6.54 Å². The summed E-state index contributed by atoms with van der Waals surface area (Å²) in [5.74, 6) is -0.826. The van der Waals surface area contributed by atoms with Gasteiger partial charge in [-0.25, -0.2) is 0 Å². The summed E-state index contributed by atoms with van der Waals surface area (Å²) in [6.07, 6.45) is 2.08. The number of nitrogens with two attached hydrogens (primary N) is 1. The highest BCUT2D eigenvalue weighted by atomic mass is 16.2. The molecule has 1 saturated heterocycles. The molecule has 0 atom stereocenters. The molecule has 1 aromatic rings. The second-order valence-electron chi connectivity index (χ2n) is 5.57. The van der Waals surface area contributed by atoms with Crippen molar-refractivity contribution in [3.05, 3.63) is 29.3 Å². The summed E-state index contributed by atoms with van der Waals surface area (Å²) in [5, 5.41) is 0. The molecular weight excluding hydrogens is 282 g/mol. The smallest absolute Gasteiger partial charge is 0.254 e. The normalized spacial score (nSPS) is 14.0. The summed E-state index contributed by atoms with van der Waals surface area (Å²) in [6, 6.07) is 5.14. The maximum atomic E-state index is 12.4. The number of benzene rings is 1. The molecule has 0 saturated carbocycles. The Morgan fingerprint density at radius 2 is 1.86 bits per heavy atom. The van der Waals surface area contributed by atoms with E-state index in [4.69, 9.17) is 5.73 Å². The molecule has 0 aliphatic carbocycles. The molecule has 1 fully saturated rings. The lowest BCUT2D eigenvalue weighted by atomic mass is 10.1. The Labute approximate surface area is 129 Å². The second-order valence-corrected chi connectivity index (χ2v) is 5.57. The van der Waals surface area contributed by atoms with Crippen LogP contribution in [0, 0.1) is 6.92 Å². The van der Waals surface area contributed by atoms with Crippen LogP contribution in [0.2, 0.25) is 0 Å². The van der Waals surface area contributed by atoms with Gasteiger partial charge in [0.2, 0.25) is 11.8 Å². The Morgan fingerprint density at radius 3 is 2.36 bits per heavy atom. The Morgan fingerprint density at radius 1 is 1.23 bits per heavy atom. The van der Waals surface area contributed by atoms with E-state index in [9.17, 15) is 14.4 Å². The van der Waals surface area contributed by atoms with Gasteiger partial charge in [0, 0.05) is 31.3 Å². The van der Waals surface area contributed by atoms with Crippen molar-refractivity contribution in [3.8, 4) is 0 Å². The molecule has 6 nitrogen and oxygen atoms in total. The molecule has 3 amide bonds. The largest absolute Gasteiger partial charge is 0.368 e. The minimum Gasteiger partial charge on any atom is -0.368 e. The summed E-state index contributed by atoms with van der Waals surface area (Å²) in [4.78, 5) is 38.3. The number of hydrogen-bond donors (Lipinski definition) is 1. The van der Waals surface area contributed by atoms with E-state index in [1.54, 1.807) is 18.2 Å². The van der Waals surface area contributed by atoms with Crippen molar-refractivity contribution in [3.63, 3.8) is 0 Å². The van der Waals surface area contributed by atoms with Crippen molar-refractivity contribution in [2.24, 2.45) is 5.73 Å². The van der Waals surface area contributed by atoms with E-state index in [0.717, 1.165) is 31.5 Å². The van der Waals surface area contributed by atoms with Gasteiger partial charge in [0.05, 0.1) is 0 Å². The van der Waals surface area contributed by atoms with Crippen molar-refractivity contribution in [1.82, 2.24) is 4.90 Å². The fourth-order valence-corrected chi connectivity index (χ4v) is 2.69. The fourth-order valence-electron chi connectivity index (χ4n) is 2.69. The lowest BCUT2D eigenvalue weighted by Crippen LogP contribution is -2.37. The Bertz CT molecular complexity index is 607. The van der Waals surface area contributed by atoms with Crippen LogP contribution in [-0.2, 0) is 9.59 Å². The molecule has 1 heterocycles. The van der Waals surface area contributed by atoms with Gasteiger partial charge in [-0.2, -0.15) is 0 Å². The van der Waals surface area contributed by atoms with E-state index in [1.807, 2.05) is 11.8 Å². The van der Waals surface area contributed by atoms with Gasteiger partial charge < -0.3 is 15.5 Å². The predicted octanol–water partition coefficient (Wildman–Crippen LogP) is 1.07. The number of hydrogen-bond acceptors (Lipinski definition) is 3. The third-order valence-corrected chi connectivity index (χ3v) is 3.84. The zero-order chi connectivity index (χ0) is 16.3. The molecule has 1 aromatic carbocycles. The van der Waals surface area contributed by atoms with Crippen molar-refractivity contribution in [2.75, 3.05) is 24.5 Å². The number of amides is 3. The van der Waals surface area contributed by atoms with Gasteiger partial charge in [0.15, 0.2) is 0 Å². The summed E-state index contributed by atoms with van der Waals surface area (Å²) >= 11 is 0. The number of nitrogens with zero attached hydrogens (tertiary/aromatic N) is 2. The highest BCUT2D eigenvalue weighted by molar-refractivity contribution is 5.99. The molecule has 0 unspecified atom stereocenters. The van der Waals surface area contributed by atoms with E-state index < -0.39 is 5.91 Å². The zero-order valence-electron chi connectivity index (χ0n) is 13.0. The molecule has 1 aliphatic rings. The summed E-state index contributed by atoms with van der Waals surface area (Å²) < 4.78 is 0. The molecule has 0 spiro atoms. The number of primary amides is 1. The summed E-state index contributed by atoms with van der Waals surface area (Å²) in [7, 11) is 0. The number of anilines is 1. The first-order valence-electron chi connectivity index (χ1n) is 7.36. The van der Waals surface area contributed by atoms with Crippen LogP contribution in [0.3, 0.4) is 0 Å². The minimum atomic E-state index is -0.579. The van der Waals surface area contributed by atoms with Crippen LogP contribution in [-0.4, -0.2) is 42.3 Å². The molecule has 0 aromatic heterocycles. The standard InChI is InChI=1S/C16H21N3O3/c1-11-9-13(19(12(2)20)10-15(17)21)5-6-14(11)16(22)18-7-3-4-8-18/h5-6,9H,3-4,7-8,10H2,1-2H3,(H2,17,21). The molecule has 2 rings (SSSR count). The number of rotatable bonds is 4. The van der Waals surface area contributed by atoms with Crippen LogP contribution < -0.4 is 10.6 Å². The van der Waals surface area contributed by atoms with Crippen molar-refractivity contribution >= 4 is 23.4 Å². The monoisotopic (exact) mass is 303 g/mol. The first kappa shape index (κ1) is 16.0. The molecule has 0 radical (unpaired) electrons. The van der Waals surface area contributed by atoms with E-state index in [1.165, 1.54) is 11.8 Å². The average molecular weight is 303 g/mol. The quantitative estimate of drug-likeness (QED) is 0.903. The third-order valence-electron chi connectivity index (χ3n) is 3.84. The molecule has 22 heavy (non-hydrogen) atoms. The fraction of sp³-hybridized carbons (Fsp3) is 0.438. The molecule has 1 aliphatic heterocycles. The lowest BCUT2D eigenvalue weighted by molar-refractivity contribution is -0.121. The van der Waals surface area contributed by atoms with Gasteiger partial charge in [0.25, 0.3) is 5.91 Å². The topological polar surface area (TPSA) is 83.7 Å². The third kappa shape index (κ3) is 3.44. The molecule has 6 heteroatoms. The maximum Gasteiger partial charge on any atom is 0.254 e. The first-order valence-corrected chi connectivity index (χ1v) is 7.36. The minimum absolute atomic E-state index is 0.0193. The Kier molecular flexibility index (Phi) is 4.80. The van der Waals surface area contributed by atoms with E-state index in [-0.39, 0.29) is 18.4 Å². The van der Waals surface area contributed by atoms with E-state index >= 15 is 0 Å². The van der Waals surface area contributed by atoms with Crippen LogP contribution in [0.15, 0.2) is 18.2 Å². The molecule has 2 N–H and O–H groups in total. The molecular formula is C16H21N3O3. The molecule has 0 bridgehead atoms. The number of likely N-dealkylation sites (tertiary alicyclic amines) is 1. The zero-order valence-corrected chi connectivity index (χ0v) is 13.0. The second kappa shape index (κ2) is 6.60. The van der Waals surface area contributed by atoms with Crippen LogP contribution in [0.1, 0.15) is 35.7 Å². The SMILES string of the molecule is CC(=O)N(CC(N)=O)c1ccc(C(=O)N2CCCC2)c(C)c1. The number of aryl methyl sites for hydroxylation is 1. The highest BCUT2D eigenvalue weighted by Gasteiger charge is 2.22. The Balaban J connectivity index is 2.26. The van der Waals surface area contributed by atoms with Crippen LogP contribution >= 0.6 is 0 Å². The highest BCUT2D eigenvalue weighted by Crippen LogP contribution is 2.22. The van der Waals surface area contributed by atoms with Gasteiger partial charge in [-0.1, -0.05) is 0 Å². The number of carbonyl (C=O) groups is 3. The molecule has 118 valence electrons. The predicted molar refractivity (Wildman–Crippen MR) is 83.5 cm³/mol. The van der Waals surface area contributed by atoms with Crippen LogP contribution in [0.5, 0.6) is 0 Å². The van der Waals surface area contributed by atoms with Gasteiger partial charge >= 0.3 is 0 Å². The van der Waals surface area contributed by atoms with Gasteiger partial charge in [-0.15, -0.1) is 0 Å². The van der Waals surface area contributed by atoms with Crippen molar-refractivity contribution in [1.29, 1.82) is 0 Å². The average Bonchev–Trinajstić information content (AvgIpc) is 2.97. The van der Waals surface area contributed by atoms with Crippen molar-refractivity contribution in [2.45, 2.75) is 26.7 Å². The number of carbonyl (C=O) groups excluding carboxylic acids is 3. The lowest BCUT2D eigenvalue weighted by Gasteiger charge is -2.22. The van der Waals surface area contributed by atoms with E-state index in [0.29, 0.717) is 11.3 Å². The van der Waals surface area contributed by atoms with Gasteiger partial charge in [-0.05, 0) is 43.5 Å². The van der Waals surface area contributed by atoms with E-state index in [2.05, 4.69) is 0 Å². The Hall–Kier alpha value is -2.37. The van der Waals surface area contributed by atoms with Gasteiger partial charge in [-0.3, -0.25) is 14.4 Å². The van der Waals surface area contributed by atoms with Crippen LogP contribution in [0.4, 0.5) is 5.69 Å². The maximum absolute atomic E-state index is 12.4. The van der Waals surface area contributed by atoms with Crippen LogP contribution in [0.25, 0.3) is 0 Å². The summed E-state index contributed by atoms with van der Waals surface area (Å²) in [5.41, 5.74) is 7.16. The van der Waals surface area contributed by atoms with Crippen molar-refractivity contribution < 1.29 is 14.4 Å². The summed E-state index contributed by atoms with van der Waals surface area (Å²) in [6.45, 7) is 4.62. The first-order chi connectivity index (χ1) is 10.4.